The van der Waals surface area contributed by atoms with Gasteiger partial charge < -0.3 is 5.11 Å². The summed E-state index contributed by atoms with van der Waals surface area (Å²) in [7, 11) is -1.34. The number of phenolic OH excluding ortho intramolecular Hbond substituents is 1. The molecule has 1 aromatic carbocycles. The fourth-order valence-electron chi connectivity index (χ4n) is 1.70. The molecular formula is C12H18OSi. The molecular weight excluding hydrogens is 188 g/mol. The fraction of sp³-hybridized carbons (Fsp3) is 0.333. The highest BCUT2D eigenvalue weighted by molar-refractivity contribution is 6.78. The van der Waals surface area contributed by atoms with E-state index in [4.69, 9.17) is 0 Å². The van der Waals surface area contributed by atoms with Crippen molar-refractivity contribution < 1.29 is 5.11 Å². The van der Waals surface area contributed by atoms with E-state index in [1.807, 2.05) is 24.3 Å². The van der Waals surface area contributed by atoms with Crippen molar-refractivity contribution in [1.29, 1.82) is 0 Å². The summed E-state index contributed by atoms with van der Waals surface area (Å²) in [5.41, 5.74) is 1.34. The van der Waals surface area contributed by atoms with Crippen LogP contribution >= 0.6 is 0 Å². The molecule has 0 aromatic heterocycles. The molecule has 76 valence electrons. The van der Waals surface area contributed by atoms with Crippen LogP contribution in [0.2, 0.25) is 19.6 Å². The maximum Gasteiger partial charge on any atom is 0.119 e. The molecule has 1 atom stereocenters. The Labute approximate surface area is 87.1 Å². The van der Waals surface area contributed by atoms with Crippen LogP contribution in [-0.4, -0.2) is 13.2 Å². The van der Waals surface area contributed by atoms with E-state index in [1.54, 1.807) is 6.07 Å². The highest BCUT2D eigenvalue weighted by Gasteiger charge is 2.27. The van der Waals surface area contributed by atoms with Crippen LogP contribution in [-0.2, 0) is 0 Å². The van der Waals surface area contributed by atoms with Gasteiger partial charge in [0.25, 0.3) is 0 Å². The molecule has 1 N–H and O–H groups in total. The fourth-order valence-corrected chi connectivity index (χ4v) is 3.58. The van der Waals surface area contributed by atoms with Gasteiger partial charge in [0.2, 0.25) is 0 Å². The van der Waals surface area contributed by atoms with Gasteiger partial charge in [-0.1, -0.05) is 43.9 Å². The Morgan fingerprint density at radius 3 is 2.29 bits per heavy atom. The average molecular weight is 206 g/mol. The number of hydrogen-bond acceptors (Lipinski definition) is 1. The predicted octanol–water partition coefficient (Wildman–Crippen LogP) is 3.54. The zero-order valence-corrected chi connectivity index (χ0v) is 10.1. The van der Waals surface area contributed by atoms with E-state index < -0.39 is 8.07 Å². The first kappa shape index (κ1) is 11.1. The van der Waals surface area contributed by atoms with Crippen LogP contribution in [0.5, 0.6) is 5.75 Å². The first-order chi connectivity index (χ1) is 6.46. The summed E-state index contributed by atoms with van der Waals surface area (Å²) in [5, 5.41) is 9.75. The Morgan fingerprint density at radius 2 is 1.86 bits per heavy atom. The van der Waals surface area contributed by atoms with E-state index in [1.165, 1.54) is 0 Å². The van der Waals surface area contributed by atoms with Crippen molar-refractivity contribution in [2.24, 2.45) is 0 Å². The van der Waals surface area contributed by atoms with Crippen LogP contribution in [0.15, 0.2) is 36.9 Å². The van der Waals surface area contributed by atoms with Crippen LogP contribution in [0.1, 0.15) is 11.1 Å². The topological polar surface area (TPSA) is 20.2 Å². The number of benzene rings is 1. The smallest absolute Gasteiger partial charge is 0.119 e. The zero-order chi connectivity index (χ0) is 10.8. The second kappa shape index (κ2) is 4.01. The summed E-state index contributed by atoms with van der Waals surface area (Å²) in [5.74, 6) is 0.389. The predicted molar refractivity (Wildman–Crippen MR) is 64.4 cm³/mol. The van der Waals surface area contributed by atoms with Gasteiger partial charge in [0.15, 0.2) is 0 Å². The molecule has 0 amide bonds. The van der Waals surface area contributed by atoms with Crippen molar-refractivity contribution >= 4 is 8.07 Å². The number of para-hydroxylation sites is 1. The molecule has 1 aromatic rings. The molecule has 0 bridgehead atoms. The van der Waals surface area contributed by atoms with Gasteiger partial charge in [0.1, 0.15) is 5.75 Å². The highest BCUT2D eigenvalue weighted by atomic mass is 28.3. The van der Waals surface area contributed by atoms with E-state index in [-0.39, 0.29) is 0 Å². The summed E-state index contributed by atoms with van der Waals surface area (Å²) >= 11 is 0. The maximum atomic E-state index is 9.75. The molecule has 2 heteroatoms. The highest BCUT2D eigenvalue weighted by Crippen LogP contribution is 2.33. The number of phenols is 1. The lowest BCUT2D eigenvalue weighted by Crippen LogP contribution is -2.29. The molecule has 14 heavy (non-hydrogen) atoms. The van der Waals surface area contributed by atoms with E-state index in [2.05, 4.69) is 26.2 Å². The summed E-state index contributed by atoms with van der Waals surface area (Å²) in [6, 6.07) is 7.54. The number of rotatable bonds is 3. The molecule has 0 fully saturated rings. The lowest BCUT2D eigenvalue weighted by Gasteiger charge is -2.26. The van der Waals surface area contributed by atoms with Gasteiger partial charge in [-0.05, 0) is 17.2 Å². The number of hydrogen-bond donors (Lipinski definition) is 1. The molecule has 0 aliphatic rings. The lowest BCUT2D eigenvalue weighted by molar-refractivity contribution is 0.469. The molecule has 0 radical (unpaired) electrons. The summed E-state index contributed by atoms with van der Waals surface area (Å²) < 4.78 is 0. The standard InChI is InChI=1S/C12H18OSi/c1-5-12(14(2,3)4)10-8-6-7-9-11(10)13/h5-9,12-13H,1H2,2-4H3. The minimum Gasteiger partial charge on any atom is -0.508 e. The van der Waals surface area contributed by atoms with Gasteiger partial charge in [0, 0.05) is 0 Å². The normalized spacial score (nSPS) is 13.6. The molecule has 0 saturated carbocycles. The third-order valence-electron chi connectivity index (χ3n) is 2.44. The van der Waals surface area contributed by atoms with Crippen LogP contribution in [0.25, 0.3) is 0 Å². The van der Waals surface area contributed by atoms with Gasteiger partial charge in [-0.3, -0.25) is 0 Å². The maximum absolute atomic E-state index is 9.75. The molecule has 1 unspecified atom stereocenters. The van der Waals surface area contributed by atoms with Crippen LogP contribution in [0.4, 0.5) is 0 Å². The molecule has 0 saturated heterocycles. The van der Waals surface area contributed by atoms with Crippen molar-refractivity contribution in [1.82, 2.24) is 0 Å². The first-order valence-electron chi connectivity index (χ1n) is 4.87. The molecule has 1 rings (SSSR count). The van der Waals surface area contributed by atoms with Crippen LogP contribution < -0.4 is 0 Å². The molecule has 0 spiro atoms. The lowest BCUT2D eigenvalue weighted by atomic mass is 10.1. The quantitative estimate of drug-likeness (QED) is 0.592. The van der Waals surface area contributed by atoms with Gasteiger partial charge in [-0.25, -0.2) is 0 Å². The van der Waals surface area contributed by atoms with Crippen LogP contribution in [0, 0.1) is 0 Å². The van der Waals surface area contributed by atoms with Crippen molar-refractivity contribution in [2.75, 3.05) is 0 Å². The SMILES string of the molecule is C=CC(c1ccccc1O)[Si](C)(C)C. The van der Waals surface area contributed by atoms with Crippen molar-refractivity contribution in [3.05, 3.63) is 42.5 Å². The molecule has 0 heterocycles. The summed E-state index contributed by atoms with van der Waals surface area (Å²) in [4.78, 5) is 0. The zero-order valence-electron chi connectivity index (χ0n) is 9.12. The van der Waals surface area contributed by atoms with Gasteiger partial charge >= 0.3 is 0 Å². The van der Waals surface area contributed by atoms with E-state index >= 15 is 0 Å². The molecule has 0 aliphatic carbocycles. The second-order valence-electron chi connectivity index (χ2n) is 4.64. The average Bonchev–Trinajstić information content (AvgIpc) is 2.07. The Hall–Kier alpha value is -1.02. The molecule has 1 nitrogen and oxygen atoms in total. The minimum atomic E-state index is -1.34. The second-order valence-corrected chi connectivity index (χ2v) is 9.99. The van der Waals surface area contributed by atoms with E-state index in [0.717, 1.165) is 5.56 Å². The molecule has 0 aliphatic heterocycles. The number of aromatic hydroxyl groups is 1. The van der Waals surface area contributed by atoms with Crippen molar-refractivity contribution in [2.45, 2.75) is 25.2 Å². The monoisotopic (exact) mass is 206 g/mol. The largest absolute Gasteiger partial charge is 0.508 e. The van der Waals surface area contributed by atoms with Crippen molar-refractivity contribution in [3.8, 4) is 5.75 Å². The first-order valence-corrected chi connectivity index (χ1v) is 8.45. The third-order valence-corrected chi connectivity index (χ3v) is 4.85. The van der Waals surface area contributed by atoms with Gasteiger partial charge in [-0.15, -0.1) is 6.58 Å². The van der Waals surface area contributed by atoms with Crippen LogP contribution in [0.3, 0.4) is 0 Å². The minimum absolute atomic E-state index is 0.323. The Kier molecular flexibility index (Phi) is 3.16. The Bertz CT molecular complexity index is 325. The van der Waals surface area contributed by atoms with Gasteiger partial charge in [-0.2, -0.15) is 0 Å². The van der Waals surface area contributed by atoms with Gasteiger partial charge in [0.05, 0.1) is 8.07 Å². The summed E-state index contributed by atoms with van der Waals surface area (Å²) in [6.45, 7) is 10.7. The van der Waals surface area contributed by atoms with Crippen molar-refractivity contribution in [3.63, 3.8) is 0 Å². The summed E-state index contributed by atoms with van der Waals surface area (Å²) in [6.07, 6.45) is 1.96. The Morgan fingerprint density at radius 1 is 1.29 bits per heavy atom. The van der Waals surface area contributed by atoms with E-state index in [9.17, 15) is 5.11 Å². The van der Waals surface area contributed by atoms with E-state index in [0.29, 0.717) is 11.3 Å². The Balaban J connectivity index is 3.14. The number of allylic oxidation sites excluding steroid dienone is 1. The third kappa shape index (κ3) is 2.26.